The Morgan fingerprint density at radius 1 is 1.26 bits per heavy atom. The van der Waals surface area contributed by atoms with Crippen molar-refractivity contribution in [2.45, 2.75) is 13.8 Å². The van der Waals surface area contributed by atoms with Crippen molar-refractivity contribution < 1.29 is 9.53 Å². The molecule has 1 amide bonds. The molecule has 1 fully saturated rings. The maximum atomic E-state index is 11.9. The highest BCUT2D eigenvalue weighted by atomic mass is 16.5. The number of anilines is 1. The zero-order valence-corrected chi connectivity index (χ0v) is 17.7. The number of aliphatic imine (C=N–C) groups is 1. The highest BCUT2D eigenvalue weighted by Crippen LogP contribution is 2.34. The van der Waals surface area contributed by atoms with Gasteiger partial charge in [0.15, 0.2) is 5.82 Å². The summed E-state index contributed by atoms with van der Waals surface area (Å²) >= 11 is 0. The van der Waals surface area contributed by atoms with Gasteiger partial charge in [-0.05, 0) is 24.4 Å². The molecule has 0 aromatic carbocycles. The fourth-order valence-corrected chi connectivity index (χ4v) is 3.01. The summed E-state index contributed by atoms with van der Waals surface area (Å²) in [6.45, 7) is 6.43. The van der Waals surface area contributed by atoms with Gasteiger partial charge in [-0.15, -0.1) is 0 Å². The van der Waals surface area contributed by atoms with Gasteiger partial charge in [-0.25, -0.2) is 9.98 Å². The molecule has 0 saturated carbocycles. The normalized spacial score (nSPS) is 14.1. The average Bonchev–Trinajstić information content (AvgIpc) is 2.80. The number of hydrogen-bond acceptors (Lipinski definition) is 8. The van der Waals surface area contributed by atoms with Crippen LogP contribution in [0.25, 0.3) is 11.1 Å². The minimum atomic E-state index is -0.670. The van der Waals surface area contributed by atoms with Crippen LogP contribution in [0, 0.1) is 5.41 Å². The third-order valence-corrected chi connectivity index (χ3v) is 4.34. The third-order valence-electron chi connectivity index (χ3n) is 4.34. The molecule has 10 nitrogen and oxygen atoms in total. The van der Waals surface area contributed by atoms with E-state index in [1.807, 2.05) is 18.7 Å². The molecule has 0 atom stereocenters. The quantitative estimate of drug-likeness (QED) is 0.403. The molecule has 3 rings (SSSR count). The average molecular weight is 425 g/mol. The molecular formula is C21H28N8O2. The summed E-state index contributed by atoms with van der Waals surface area (Å²) in [5.74, 6) is 0.316. The number of carbonyl (C=O) groups excluding carboxylic acids is 1. The number of nitrogens with one attached hydrogen (secondary N) is 1. The highest BCUT2D eigenvalue weighted by molar-refractivity contribution is 6.03. The molecule has 0 unspecified atom stereocenters. The number of morpholine rings is 1. The van der Waals surface area contributed by atoms with Crippen LogP contribution < -0.4 is 22.1 Å². The van der Waals surface area contributed by atoms with E-state index < -0.39 is 5.91 Å². The lowest BCUT2D eigenvalue weighted by Crippen LogP contribution is -2.36. The van der Waals surface area contributed by atoms with Crippen molar-refractivity contribution in [1.82, 2.24) is 9.97 Å². The molecule has 0 spiro atoms. The lowest BCUT2D eigenvalue weighted by Gasteiger charge is -2.28. The molecule has 3 heterocycles. The number of hydrogen-bond donors (Lipinski definition) is 4. The molecule has 164 valence electrons. The highest BCUT2D eigenvalue weighted by Gasteiger charge is 2.21. The zero-order chi connectivity index (χ0) is 22.8. The number of amides is 1. The lowest BCUT2D eigenvalue weighted by atomic mass is 9.99. The van der Waals surface area contributed by atoms with Crippen LogP contribution in [0.5, 0.6) is 0 Å². The van der Waals surface area contributed by atoms with Gasteiger partial charge in [-0.1, -0.05) is 19.9 Å². The first-order chi connectivity index (χ1) is 15.0. The Morgan fingerprint density at radius 2 is 1.97 bits per heavy atom. The molecule has 1 aliphatic rings. The third kappa shape index (κ3) is 5.64. The SMILES string of the molecule is CC.N=Cc1c(-c2cccnc2C(N)=O)cc(N2CCOCC2)nc1/N=C(N)\C=C/N. The monoisotopic (exact) mass is 424 g/mol. The van der Waals surface area contributed by atoms with Crippen LogP contribution in [-0.4, -0.2) is 54.2 Å². The first-order valence-electron chi connectivity index (χ1n) is 9.91. The largest absolute Gasteiger partial charge is 0.404 e. The molecule has 1 aliphatic heterocycles. The molecule has 10 heteroatoms. The van der Waals surface area contributed by atoms with E-state index in [4.69, 9.17) is 27.3 Å². The summed E-state index contributed by atoms with van der Waals surface area (Å²) in [5, 5.41) is 7.93. The Balaban J connectivity index is 0.00000166. The van der Waals surface area contributed by atoms with E-state index in [-0.39, 0.29) is 17.3 Å². The molecule has 0 aliphatic carbocycles. The Labute approximate surface area is 181 Å². The Kier molecular flexibility index (Phi) is 8.64. The smallest absolute Gasteiger partial charge is 0.267 e. The molecule has 1 saturated heterocycles. The lowest BCUT2D eigenvalue weighted by molar-refractivity contribution is 0.0996. The fourth-order valence-electron chi connectivity index (χ4n) is 3.01. The molecular weight excluding hydrogens is 396 g/mol. The van der Waals surface area contributed by atoms with Crippen molar-refractivity contribution in [2.75, 3.05) is 31.2 Å². The minimum absolute atomic E-state index is 0.0967. The Morgan fingerprint density at radius 3 is 2.58 bits per heavy atom. The number of nitrogens with zero attached hydrogens (tertiary/aromatic N) is 4. The van der Waals surface area contributed by atoms with Crippen molar-refractivity contribution in [2.24, 2.45) is 22.2 Å². The second-order valence-electron chi connectivity index (χ2n) is 6.17. The predicted molar refractivity (Wildman–Crippen MR) is 123 cm³/mol. The van der Waals surface area contributed by atoms with E-state index >= 15 is 0 Å². The van der Waals surface area contributed by atoms with Crippen LogP contribution in [0.3, 0.4) is 0 Å². The van der Waals surface area contributed by atoms with Crippen LogP contribution in [0.4, 0.5) is 11.6 Å². The summed E-state index contributed by atoms with van der Waals surface area (Å²) in [4.78, 5) is 27.0. The van der Waals surface area contributed by atoms with E-state index in [0.29, 0.717) is 48.8 Å². The molecule has 31 heavy (non-hydrogen) atoms. The summed E-state index contributed by atoms with van der Waals surface area (Å²) in [6, 6.07) is 5.21. The van der Waals surface area contributed by atoms with Gasteiger partial charge in [-0.2, -0.15) is 0 Å². The molecule has 2 aromatic heterocycles. The summed E-state index contributed by atoms with van der Waals surface area (Å²) in [6.07, 6.45) is 5.29. The van der Waals surface area contributed by atoms with Gasteiger partial charge in [0.1, 0.15) is 17.3 Å². The minimum Gasteiger partial charge on any atom is -0.404 e. The standard InChI is InChI=1S/C19H22N8O2.C2H6/c20-4-3-15(22)25-19-14(11-21)13(12-2-1-5-24-17(12)18(23)28)10-16(26-19)27-6-8-29-9-7-27;1-2/h1-5,10-11,21H,6-9,20H2,(H2,23,28)(H2,22,25,26);1-2H3/b4-3-,21-11?;. The summed E-state index contributed by atoms with van der Waals surface area (Å²) in [5.41, 5.74) is 18.3. The predicted octanol–water partition coefficient (Wildman–Crippen LogP) is 1.56. The second-order valence-corrected chi connectivity index (χ2v) is 6.17. The van der Waals surface area contributed by atoms with Gasteiger partial charge < -0.3 is 32.2 Å². The Hall–Kier alpha value is -3.79. The number of nitrogens with two attached hydrogens (primary N) is 3. The zero-order valence-electron chi connectivity index (χ0n) is 17.7. The number of pyridine rings is 2. The van der Waals surface area contributed by atoms with Crippen molar-refractivity contribution >= 4 is 29.6 Å². The maximum absolute atomic E-state index is 11.9. The molecule has 0 bridgehead atoms. The van der Waals surface area contributed by atoms with Crippen LogP contribution in [0.15, 0.2) is 41.7 Å². The van der Waals surface area contributed by atoms with E-state index in [9.17, 15) is 4.79 Å². The van der Waals surface area contributed by atoms with Crippen molar-refractivity contribution in [1.29, 1.82) is 5.41 Å². The second kappa shape index (κ2) is 11.4. The van der Waals surface area contributed by atoms with Gasteiger partial charge in [-0.3, -0.25) is 9.78 Å². The number of ether oxygens (including phenoxy) is 1. The fraction of sp³-hybridized carbons (Fsp3) is 0.286. The molecule has 2 aromatic rings. The van der Waals surface area contributed by atoms with Crippen LogP contribution >= 0.6 is 0 Å². The Bertz CT molecular complexity index is 981. The van der Waals surface area contributed by atoms with E-state index in [1.54, 1.807) is 18.2 Å². The van der Waals surface area contributed by atoms with Crippen LogP contribution in [-0.2, 0) is 4.74 Å². The summed E-state index contributed by atoms with van der Waals surface area (Å²) < 4.78 is 5.41. The summed E-state index contributed by atoms with van der Waals surface area (Å²) in [7, 11) is 0. The number of carbonyl (C=O) groups is 1. The van der Waals surface area contributed by atoms with Gasteiger partial charge in [0, 0.05) is 42.2 Å². The van der Waals surface area contributed by atoms with Crippen molar-refractivity contribution in [3.8, 4) is 11.1 Å². The molecule has 0 radical (unpaired) electrons. The van der Waals surface area contributed by atoms with Gasteiger partial charge in [0.2, 0.25) is 0 Å². The number of amidine groups is 1. The maximum Gasteiger partial charge on any atom is 0.267 e. The number of aromatic nitrogens is 2. The molecule has 7 N–H and O–H groups in total. The van der Waals surface area contributed by atoms with Crippen molar-refractivity contribution in [3.63, 3.8) is 0 Å². The first kappa shape index (κ1) is 23.5. The first-order valence-corrected chi connectivity index (χ1v) is 9.91. The van der Waals surface area contributed by atoms with Gasteiger partial charge in [0.05, 0.1) is 13.2 Å². The van der Waals surface area contributed by atoms with Gasteiger partial charge >= 0.3 is 0 Å². The van der Waals surface area contributed by atoms with E-state index in [2.05, 4.69) is 15.0 Å². The van der Waals surface area contributed by atoms with Crippen molar-refractivity contribution in [3.05, 3.63) is 47.9 Å². The van der Waals surface area contributed by atoms with Crippen LogP contribution in [0.2, 0.25) is 0 Å². The van der Waals surface area contributed by atoms with Gasteiger partial charge in [0.25, 0.3) is 5.91 Å². The topological polar surface area (TPSA) is 170 Å². The van der Waals surface area contributed by atoms with E-state index in [1.165, 1.54) is 18.5 Å². The number of primary amides is 1. The van der Waals surface area contributed by atoms with E-state index in [0.717, 1.165) is 6.21 Å². The number of rotatable bonds is 6. The van der Waals surface area contributed by atoms with Crippen LogP contribution in [0.1, 0.15) is 29.9 Å².